The summed E-state index contributed by atoms with van der Waals surface area (Å²) in [6.45, 7) is 6.70. The molecule has 0 spiro atoms. The van der Waals surface area contributed by atoms with Gasteiger partial charge in [-0.25, -0.2) is 0 Å². The molecule has 5 aliphatic rings. The molecule has 3 nitrogen and oxygen atoms in total. The molecule has 1 N–H and O–H groups in total. The van der Waals surface area contributed by atoms with E-state index in [-0.39, 0.29) is 28.6 Å². The maximum absolute atomic E-state index is 12.7. The molecule has 0 aliphatic heterocycles. The molecule has 3 heteroatoms. The predicted octanol–water partition coefficient (Wildman–Crippen LogP) is 5.99. The fourth-order valence-electron chi connectivity index (χ4n) is 7.04. The lowest BCUT2D eigenvalue weighted by molar-refractivity contribution is -0.165. The van der Waals surface area contributed by atoms with Crippen LogP contribution >= 0.6 is 0 Å². The minimum Gasteiger partial charge on any atom is -0.501 e. The molecule has 4 fully saturated rings. The first-order chi connectivity index (χ1) is 14.3. The van der Waals surface area contributed by atoms with Gasteiger partial charge in [-0.1, -0.05) is 64.7 Å². The zero-order valence-electron chi connectivity index (χ0n) is 19.3. The van der Waals surface area contributed by atoms with Crippen molar-refractivity contribution in [1.82, 2.24) is 0 Å². The molecule has 2 unspecified atom stereocenters. The number of hydrogen-bond donors (Lipinski definition) is 1. The summed E-state index contributed by atoms with van der Waals surface area (Å²) in [6.07, 6.45) is 18.4. The minimum absolute atomic E-state index is 0.0344. The standard InChI is InChI=1S/C27H40O3/c1-5-6-7-8-11-27(12-9-10-13-27)18-14-23(29)25(24(15-18)30-4)19-16-22(28)21-17-20(19)26(21,2)3/h8,11,14-15,19-21,23,25,29H,5-7,9-10,12-13,16-17H2,1-4H3/b11-8-/t19-,20-,21+,23?,25?/m1/s1. The Hall–Kier alpha value is -1.35. The van der Waals surface area contributed by atoms with Gasteiger partial charge in [0.2, 0.25) is 0 Å². The molecule has 0 saturated heterocycles. The minimum atomic E-state index is -0.577. The number of Topliss-reactive ketones (excluding diaryl/α,β-unsaturated/α-hetero) is 1. The highest BCUT2D eigenvalue weighted by molar-refractivity contribution is 5.85. The first-order valence-corrected chi connectivity index (χ1v) is 12.2. The van der Waals surface area contributed by atoms with Gasteiger partial charge >= 0.3 is 0 Å². The second-order valence-corrected chi connectivity index (χ2v) is 10.8. The Morgan fingerprint density at radius 3 is 2.60 bits per heavy atom. The Morgan fingerprint density at radius 2 is 2.00 bits per heavy atom. The largest absolute Gasteiger partial charge is 0.501 e. The predicted molar refractivity (Wildman–Crippen MR) is 121 cm³/mol. The van der Waals surface area contributed by atoms with Crippen LogP contribution in [0.4, 0.5) is 0 Å². The van der Waals surface area contributed by atoms with Crippen LogP contribution < -0.4 is 0 Å². The molecule has 0 aromatic rings. The Labute approximate surface area is 182 Å². The molecule has 0 aromatic heterocycles. The number of ketones is 1. The molecular weight excluding hydrogens is 372 g/mol. The lowest BCUT2D eigenvalue weighted by Crippen LogP contribution is -2.59. The first-order valence-electron chi connectivity index (χ1n) is 12.2. The Morgan fingerprint density at radius 1 is 1.27 bits per heavy atom. The summed E-state index contributed by atoms with van der Waals surface area (Å²) in [5.41, 5.74) is 1.31. The topological polar surface area (TPSA) is 46.5 Å². The molecular formula is C27H40O3. The van der Waals surface area contributed by atoms with Crippen molar-refractivity contribution >= 4 is 5.78 Å². The van der Waals surface area contributed by atoms with Gasteiger partial charge in [-0.3, -0.25) is 4.79 Å². The van der Waals surface area contributed by atoms with Gasteiger partial charge < -0.3 is 9.84 Å². The highest BCUT2D eigenvalue weighted by Crippen LogP contribution is 2.63. The van der Waals surface area contributed by atoms with Gasteiger partial charge in [-0.15, -0.1) is 0 Å². The van der Waals surface area contributed by atoms with Crippen molar-refractivity contribution < 1.29 is 14.6 Å². The Bertz CT molecular complexity index is 750. The maximum atomic E-state index is 12.7. The van der Waals surface area contributed by atoms with E-state index in [1.54, 1.807) is 7.11 Å². The van der Waals surface area contributed by atoms with Crippen molar-refractivity contribution in [2.45, 2.75) is 84.7 Å². The van der Waals surface area contributed by atoms with Gasteiger partial charge in [0.15, 0.2) is 0 Å². The molecule has 0 amide bonds. The molecule has 0 radical (unpaired) electrons. The third-order valence-electron chi connectivity index (χ3n) is 8.96. The van der Waals surface area contributed by atoms with E-state index < -0.39 is 6.10 Å². The summed E-state index contributed by atoms with van der Waals surface area (Å²) in [5, 5.41) is 11.3. The summed E-state index contributed by atoms with van der Waals surface area (Å²) in [4.78, 5) is 12.7. The number of methoxy groups -OCH3 is 1. The normalized spacial score (nSPS) is 37.0. The lowest BCUT2D eigenvalue weighted by Gasteiger charge is -2.60. The van der Waals surface area contributed by atoms with Gasteiger partial charge in [-0.2, -0.15) is 0 Å². The molecule has 0 heterocycles. The van der Waals surface area contributed by atoms with Crippen LogP contribution in [0.15, 0.2) is 35.6 Å². The fourth-order valence-corrected chi connectivity index (χ4v) is 7.04. The zero-order valence-corrected chi connectivity index (χ0v) is 19.3. The molecule has 2 bridgehead atoms. The highest BCUT2D eigenvalue weighted by atomic mass is 16.5. The molecule has 5 rings (SSSR count). The van der Waals surface area contributed by atoms with Crippen LogP contribution in [-0.2, 0) is 9.53 Å². The van der Waals surface area contributed by atoms with Crippen LogP contribution in [0.1, 0.15) is 78.6 Å². The van der Waals surface area contributed by atoms with E-state index >= 15 is 0 Å². The lowest BCUT2D eigenvalue weighted by atomic mass is 9.43. The second-order valence-electron chi connectivity index (χ2n) is 10.8. The monoisotopic (exact) mass is 412 g/mol. The number of carbonyl (C=O) groups is 1. The number of fused-ring (bicyclic) bond motifs is 2. The van der Waals surface area contributed by atoms with Crippen LogP contribution in [0.3, 0.4) is 0 Å². The quantitative estimate of drug-likeness (QED) is 0.412. The van der Waals surface area contributed by atoms with E-state index in [0.717, 1.165) is 31.4 Å². The van der Waals surface area contributed by atoms with E-state index in [2.05, 4.69) is 45.1 Å². The van der Waals surface area contributed by atoms with E-state index in [1.807, 2.05) is 0 Å². The summed E-state index contributed by atoms with van der Waals surface area (Å²) in [7, 11) is 1.73. The van der Waals surface area contributed by atoms with Crippen molar-refractivity contribution in [3.05, 3.63) is 35.6 Å². The van der Waals surface area contributed by atoms with Crippen molar-refractivity contribution in [3.63, 3.8) is 0 Å². The number of allylic oxidation sites excluding steroid dienone is 4. The number of ether oxygens (including phenoxy) is 1. The van der Waals surface area contributed by atoms with Crippen molar-refractivity contribution in [2.75, 3.05) is 7.11 Å². The molecule has 166 valence electrons. The SMILES string of the molecule is CCCC/C=C\C1(C2=CC(O)C([C@@H]3CC(=O)[C@@H]4C[C@H]3C4(C)C)C(OC)=C2)CCCC1. The number of rotatable bonds is 7. The van der Waals surface area contributed by atoms with E-state index in [9.17, 15) is 9.90 Å². The molecule has 30 heavy (non-hydrogen) atoms. The zero-order chi connectivity index (χ0) is 21.5. The van der Waals surface area contributed by atoms with Gasteiger partial charge in [-0.05, 0) is 54.6 Å². The fraction of sp³-hybridized carbons (Fsp3) is 0.741. The second kappa shape index (κ2) is 8.30. The molecule has 5 atom stereocenters. The van der Waals surface area contributed by atoms with Crippen LogP contribution in [0.5, 0.6) is 0 Å². The third kappa shape index (κ3) is 3.51. The summed E-state index contributed by atoms with van der Waals surface area (Å²) < 4.78 is 5.90. The van der Waals surface area contributed by atoms with Crippen molar-refractivity contribution in [3.8, 4) is 0 Å². The smallest absolute Gasteiger partial charge is 0.136 e. The van der Waals surface area contributed by atoms with E-state index in [0.29, 0.717) is 18.1 Å². The number of aliphatic hydroxyl groups excluding tert-OH is 1. The van der Waals surface area contributed by atoms with Crippen molar-refractivity contribution in [1.29, 1.82) is 0 Å². The number of hydrogen-bond acceptors (Lipinski definition) is 3. The third-order valence-corrected chi connectivity index (χ3v) is 8.96. The Balaban J connectivity index is 1.61. The summed E-state index contributed by atoms with van der Waals surface area (Å²) in [6, 6.07) is 0. The Kier molecular flexibility index (Phi) is 6.05. The van der Waals surface area contributed by atoms with Crippen LogP contribution in [0, 0.1) is 34.5 Å². The van der Waals surface area contributed by atoms with E-state index in [1.165, 1.54) is 31.3 Å². The first kappa shape index (κ1) is 21.9. The van der Waals surface area contributed by atoms with Gasteiger partial charge in [0.1, 0.15) is 11.5 Å². The average molecular weight is 413 g/mol. The number of carbonyl (C=O) groups excluding carboxylic acids is 1. The van der Waals surface area contributed by atoms with Crippen LogP contribution in [0.2, 0.25) is 0 Å². The molecule has 4 saturated carbocycles. The van der Waals surface area contributed by atoms with Gasteiger partial charge in [0.25, 0.3) is 0 Å². The number of unbranched alkanes of at least 4 members (excludes halogenated alkanes) is 2. The molecule has 0 aromatic carbocycles. The number of aliphatic hydroxyl groups is 1. The van der Waals surface area contributed by atoms with E-state index in [4.69, 9.17) is 4.74 Å². The molecule has 5 aliphatic carbocycles. The average Bonchev–Trinajstić information content (AvgIpc) is 3.19. The van der Waals surface area contributed by atoms with Gasteiger partial charge in [0.05, 0.1) is 13.2 Å². The van der Waals surface area contributed by atoms with Crippen LogP contribution in [0.25, 0.3) is 0 Å². The van der Waals surface area contributed by atoms with Crippen LogP contribution in [-0.4, -0.2) is 24.1 Å². The summed E-state index contributed by atoms with van der Waals surface area (Å²) >= 11 is 0. The van der Waals surface area contributed by atoms with Gasteiger partial charge in [0, 0.05) is 23.7 Å². The highest BCUT2D eigenvalue weighted by Gasteiger charge is 2.61. The van der Waals surface area contributed by atoms with Crippen molar-refractivity contribution in [2.24, 2.45) is 34.5 Å². The summed E-state index contributed by atoms with van der Waals surface area (Å²) in [5.74, 6) is 2.05. The maximum Gasteiger partial charge on any atom is 0.136 e.